The molecule has 3 N–H and O–H groups in total. The monoisotopic (exact) mass is 300 g/mol. The van der Waals surface area contributed by atoms with E-state index in [4.69, 9.17) is 10.5 Å². The van der Waals surface area contributed by atoms with Gasteiger partial charge in [-0.1, -0.05) is 42.0 Å². The highest BCUT2D eigenvalue weighted by molar-refractivity contribution is 5.91. The number of amides is 2. The second kappa shape index (κ2) is 6.62. The number of nitrogens with two attached hydrogens (primary N) is 1. The number of anilines is 1. The molecule has 114 valence electrons. The van der Waals surface area contributed by atoms with Crippen molar-refractivity contribution in [3.63, 3.8) is 0 Å². The van der Waals surface area contributed by atoms with Crippen LogP contribution in [0.5, 0.6) is 5.75 Å². The van der Waals surface area contributed by atoms with Crippen LogP contribution in [0.15, 0.2) is 42.5 Å². The number of para-hydroxylation sites is 1. The van der Waals surface area contributed by atoms with E-state index in [9.17, 15) is 9.59 Å². The molecule has 6 heteroatoms. The SMILES string of the molecule is COC(=O)Nc1cccc(-c2cccc(C)c2)c1OC(N)=O. The number of rotatable bonds is 3. The second-order valence-electron chi connectivity index (χ2n) is 4.59. The van der Waals surface area contributed by atoms with Gasteiger partial charge in [-0.3, -0.25) is 5.32 Å². The van der Waals surface area contributed by atoms with E-state index in [-0.39, 0.29) is 5.75 Å². The molecule has 0 atom stereocenters. The standard InChI is InChI=1S/C16H16N2O4/c1-10-5-3-6-11(9-10)12-7-4-8-13(18-16(20)21-2)14(12)22-15(17)19/h3-9H,1-2H3,(H2,17,19)(H,18,20). The zero-order valence-electron chi connectivity index (χ0n) is 12.3. The first-order valence-corrected chi connectivity index (χ1v) is 6.53. The van der Waals surface area contributed by atoms with Crippen molar-refractivity contribution in [2.24, 2.45) is 5.73 Å². The summed E-state index contributed by atoms with van der Waals surface area (Å²) in [5, 5.41) is 2.50. The zero-order chi connectivity index (χ0) is 16.1. The maximum atomic E-state index is 11.4. The summed E-state index contributed by atoms with van der Waals surface area (Å²) >= 11 is 0. The first kappa shape index (κ1) is 15.4. The first-order valence-electron chi connectivity index (χ1n) is 6.53. The summed E-state index contributed by atoms with van der Waals surface area (Å²) in [4.78, 5) is 22.6. The van der Waals surface area contributed by atoms with Crippen LogP contribution < -0.4 is 15.8 Å². The van der Waals surface area contributed by atoms with Crippen LogP contribution in [0, 0.1) is 6.92 Å². The molecule has 22 heavy (non-hydrogen) atoms. The molecule has 2 aromatic carbocycles. The van der Waals surface area contributed by atoms with Crippen molar-refractivity contribution in [1.82, 2.24) is 0 Å². The Balaban J connectivity index is 2.55. The largest absolute Gasteiger partial charge is 0.453 e. The Morgan fingerprint density at radius 3 is 2.50 bits per heavy atom. The van der Waals surface area contributed by atoms with Crippen molar-refractivity contribution < 1.29 is 19.1 Å². The van der Waals surface area contributed by atoms with Crippen molar-refractivity contribution in [2.75, 3.05) is 12.4 Å². The number of carbonyl (C=O) groups is 2. The van der Waals surface area contributed by atoms with Gasteiger partial charge < -0.3 is 15.2 Å². The fourth-order valence-corrected chi connectivity index (χ4v) is 2.05. The minimum atomic E-state index is -0.965. The molecule has 6 nitrogen and oxygen atoms in total. The van der Waals surface area contributed by atoms with E-state index < -0.39 is 12.2 Å². The summed E-state index contributed by atoms with van der Waals surface area (Å²) in [5.74, 6) is 0.172. The Bertz CT molecular complexity index is 713. The normalized spacial score (nSPS) is 9.91. The van der Waals surface area contributed by atoms with Crippen LogP contribution in [-0.4, -0.2) is 19.3 Å². The topological polar surface area (TPSA) is 90.7 Å². The van der Waals surface area contributed by atoms with Gasteiger partial charge in [-0.05, 0) is 18.6 Å². The van der Waals surface area contributed by atoms with Crippen LogP contribution >= 0.6 is 0 Å². The van der Waals surface area contributed by atoms with E-state index in [1.807, 2.05) is 31.2 Å². The van der Waals surface area contributed by atoms with Gasteiger partial charge in [-0.25, -0.2) is 9.59 Å². The van der Waals surface area contributed by atoms with Crippen LogP contribution in [0.25, 0.3) is 11.1 Å². The smallest absolute Gasteiger partial charge is 0.411 e. The molecule has 0 heterocycles. The minimum Gasteiger partial charge on any atom is -0.453 e. The third-order valence-electron chi connectivity index (χ3n) is 2.97. The number of methoxy groups -OCH3 is 1. The molecule has 0 fully saturated rings. The van der Waals surface area contributed by atoms with Gasteiger partial charge in [0.1, 0.15) is 0 Å². The Labute approximate surface area is 127 Å². The highest BCUT2D eigenvalue weighted by Gasteiger charge is 2.16. The number of carbonyl (C=O) groups excluding carboxylic acids is 2. The van der Waals surface area contributed by atoms with Crippen LogP contribution in [-0.2, 0) is 4.74 Å². The summed E-state index contributed by atoms with van der Waals surface area (Å²) in [7, 11) is 1.24. The molecule has 0 aliphatic carbocycles. The van der Waals surface area contributed by atoms with Gasteiger partial charge in [-0.2, -0.15) is 0 Å². The van der Waals surface area contributed by atoms with E-state index >= 15 is 0 Å². The number of hydrogen-bond donors (Lipinski definition) is 2. The first-order chi connectivity index (χ1) is 10.5. The molecular weight excluding hydrogens is 284 g/mol. The fraction of sp³-hybridized carbons (Fsp3) is 0.125. The number of benzene rings is 2. The average Bonchev–Trinajstić information content (AvgIpc) is 2.48. The number of nitrogens with one attached hydrogen (secondary N) is 1. The molecule has 0 bridgehead atoms. The van der Waals surface area contributed by atoms with Crippen molar-refractivity contribution >= 4 is 17.9 Å². The van der Waals surface area contributed by atoms with Gasteiger partial charge in [0.05, 0.1) is 12.8 Å². The van der Waals surface area contributed by atoms with E-state index in [0.29, 0.717) is 11.3 Å². The highest BCUT2D eigenvalue weighted by atomic mass is 16.6. The lowest BCUT2D eigenvalue weighted by molar-refractivity contribution is 0.186. The van der Waals surface area contributed by atoms with Crippen molar-refractivity contribution in [1.29, 1.82) is 0 Å². The molecule has 0 aliphatic heterocycles. The summed E-state index contributed by atoms with van der Waals surface area (Å²) in [6, 6.07) is 12.7. The van der Waals surface area contributed by atoms with Gasteiger partial charge in [0.25, 0.3) is 0 Å². The summed E-state index contributed by atoms with van der Waals surface area (Å²) in [6.07, 6.45) is -1.64. The lowest BCUT2D eigenvalue weighted by atomic mass is 10.0. The highest BCUT2D eigenvalue weighted by Crippen LogP contribution is 2.37. The molecule has 0 unspecified atom stereocenters. The molecule has 0 saturated carbocycles. The van der Waals surface area contributed by atoms with E-state index in [1.54, 1.807) is 18.2 Å². The molecule has 0 saturated heterocycles. The number of aryl methyl sites for hydroxylation is 1. The third-order valence-corrected chi connectivity index (χ3v) is 2.97. The molecule has 0 spiro atoms. The molecule has 2 amide bonds. The molecule has 0 aromatic heterocycles. The van der Waals surface area contributed by atoms with Gasteiger partial charge in [-0.15, -0.1) is 0 Å². The maximum Gasteiger partial charge on any atom is 0.411 e. The molecule has 0 radical (unpaired) electrons. The second-order valence-corrected chi connectivity index (χ2v) is 4.59. The van der Waals surface area contributed by atoms with Crippen LogP contribution in [0.4, 0.5) is 15.3 Å². The minimum absolute atomic E-state index is 0.172. The molecule has 0 aliphatic rings. The Morgan fingerprint density at radius 1 is 1.14 bits per heavy atom. The Morgan fingerprint density at radius 2 is 1.86 bits per heavy atom. The van der Waals surface area contributed by atoms with Gasteiger partial charge >= 0.3 is 12.2 Å². The fourth-order valence-electron chi connectivity index (χ4n) is 2.05. The van der Waals surface area contributed by atoms with Crippen LogP contribution in [0.1, 0.15) is 5.56 Å². The summed E-state index contributed by atoms with van der Waals surface area (Å²) < 4.78 is 9.64. The Kier molecular flexibility index (Phi) is 4.63. The van der Waals surface area contributed by atoms with E-state index in [0.717, 1.165) is 11.1 Å². The van der Waals surface area contributed by atoms with Crippen molar-refractivity contribution in [3.8, 4) is 16.9 Å². The van der Waals surface area contributed by atoms with E-state index in [2.05, 4.69) is 10.1 Å². The number of ether oxygens (including phenoxy) is 2. The van der Waals surface area contributed by atoms with Crippen molar-refractivity contribution in [3.05, 3.63) is 48.0 Å². The number of hydrogen-bond acceptors (Lipinski definition) is 4. The Hall–Kier alpha value is -3.02. The lowest BCUT2D eigenvalue weighted by Gasteiger charge is -2.14. The van der Waals surface area contributed by atoms with Crippen LogP contribution in [0.2, 0.25) is 0 Å². The predicted octanol–water partition coefficient (Wildman–Crippen LogP) is 3.30. The zero-order valence-corrected chi connectivity index (χ0v) is 12.3. The third kappa shape index (κ3) is 3.54. The lowest BCUT2D eigenvalue weighted by Crippen LogP contribution is -2.19. The maximum absolute atomic E-state index is 11.4. The average molecular weight is 300 g/mol. The van der Waals surface area contributed by atoms with Gasteiger partial charge in [0.2, 0.25) is 0 Å². The molecule has 2 rings (SSSR count). The quantitative estimate of drug-likeness (QED) is 0.910. The summed E-state index contributed by atoms with van der Waals surface area (Å²) in [5.41, 5.74) is 7.95. The van der Waals surface area contributed by atoms with Gasteiger partial charge in [0, 0.05) is 5.56 Å². The van der Waals surface area contributed by atoms with Gasteiger partial charge in [0.15, 0.2) is 5.75 Å². The number of primary amides is 1. The molecular formula is C16H16N2O4. The predicted molar refractivity (Wildman–Crippen MR) is 82.9 cm³/mol. The molecule has 2 aromatic rings. The van der Waals surface area contributed by atoms with E-state index in [1.165, 1.54) is 7.11 Å². The summed E-state index contributed by atoms with van der Waals surface area (Å²) in [6.45, 7) is 1.95. The van der Waals surface area contributed by atoms with Crippen LogP contribution in [0.3, 0.4) is 0 Å². The van der Waals surface area contributed by atoms with Crippen molar-refractivity contribution in [2.45, 2.75) is 6.92 Å².